The van der Waals surface area contributed by atoms with Crippen LogP contribution in [0.1, 0.15) is 99.8 Å². The van der Waals surface area contributed by atoms with Gasteiger partial charge < -0.3 is 14.9 Å². The van der Waals surface area contributed by atoms with Crippen molar-refractivity contribution >= 4 is 5.97 Å². The Bertz CT molecular complexity index is 945. The first-order chi connectivity index (χ1) is 15.8. The van der Waals surface area contributed by atoms with E-state index in [1.54, 1.807) is 5.57 Å². The molecule has 4 heteroatoms. The number of hydrogen-bond acceptors (Lipinski definition) is 4. The lowest BCUT2D eigenvalue weighted by Gasteiger charge is -2.63. The summed E-state index contributed by atoms with van der Waals surface area (Å²) >= 11 is 0. The van der Waals surface area contributed by atoms with Gasteiger partial charge in [-0.3, -0.25) is 0 Å². The Kier molecular flexibility index (Phi) is 5.55. The van der Waals surface area contributed by atoms with Crippen molar-refractivity contribution in [1.29, 1.82) is 0 Å². The molecule has 2 saturated carbocycles. The van der Waals surface area contributed by atoms with Crippen molar-refractivity contribution in [3.8, 4) is 0 Å². The highest BCUT2D eigenvalue weighted by Crippen LogP contribution is 2.72. The quantitative estimate of drug-likeness (QED) is 0.386. The van der Waals surface area contributed by atoms with Crippen LogP contribution in [0.15, 0.2) is 22.8 Å². The van der Waals surface area contributed by atoms with Gasteiger partial charge >= 0.3 is 5.97 Å². The number of fused-ring (bicyclic) bond motifs is 4. The van der Waals surface area contributed by atoms with Crippen LogP contribution in [0.25, 0.3) is 0 Å². The summed E-state index contributed by atoms with van der Waals surface area (Å²) in [5.41, 5.74) is 3.75. The Morgan fingerprint density at radius 1 is 1.00 bits per heavy atom. The maximum absolute atomic E-state index is 12.3. The molecule has 1 aliphatic heterocycles. The summed E-state index contributed by atoms with van der Waals surface area (Å²) in [4.78, 5) is 12.3. The van der Waals surface area contributed by atoms with E-state index in [-0.39, 0.29) is 33.7 Å². The van der Waals surface area contributed by atoms with Gasteiger partial charge in [-0.15, -0.1) is 0 Å². The van der Waals surface area contributed by atoms with Crippen LogP contribution in [-0.4, -0.2) is 34.5 Å². The van der Waals surface area contributed by atoms with Crippen molar-refractivity contribution in [2.75, 3.05) is 0 Å². The van der Waals surface area contributed by atoms with E-state index in [0.29, 0.717) is 24.2 Å². The van der Waals surface area contributed by atoms with Crippen LogP contribution < -0.4 is 0 Å². The third-order valence-electron chi connectivity index (χ3n) is 12.4. The Balaban J connectivity index is 1.50. The Morgan fingerprint density at radius 2 is 1.71 bits per heavy atom. The molecular formula is C30H46O4. The number of ether oxygens (including phenoxy) is 1. The van der Waals surface area contributed by atoms with Gasteiger partial charge in [-0.05, 0) is 79.4 Å². The second kappa shape index (κ2) is 7.68. The predicted octanol–water partition coefficient (Wildman–Crippen LogP) is 5.97. The number of allylic oxidation sites excluding steroid dienone is 1. The molecule has 34 heavy (non-hydrogen) atoms. The van der Waals surface area contributed by atoms with Crippen LogP contribution in [0.5, 0.6) is 0 Å². The molecular weight excluding hydrogens is 424 g/mol. The number of carbonyl (C=O) groups is 1. The molecule has 0 radical (unpaired) electrons. The molecule has 0 unspecified atom stereocenters. The molecule has 2 N–H and O–H groups in total. The van der Waals surface area contributed by atoms with Crippen molar-refractivity contribution in [1.82, 2.24) is 0 Å². The molecule has 190 valence electrons. The summed E-state index contributed by atoms with van der Waals surface area (Å²) in [6.45, 7) is 15.9. The van der Waals surface area contributed by atoms with Gasteiger partial charge in [0.05, 0.1) is 12.2 Å². The average Bonchev–Trinajstić information content (AvgIpc) is 3.05. The van der Waals surface area contributed by atoms with Crippen LogP contribution in [-0.2, 0) is 9.53 Å². The maximum atomic E-state index is 12.3. The second-order valence-corrected chi connectivity index (χ2v) is 13.7. The lowest BCUT2D eigenvalue weighted by Crippen LogP contribution is -2.60. The van der Waals surface area contributed by atoms with Gasteiger partial charge in [0.1, 0.15) is 6.10 Å². The van der Waals surface area contributed by atoms with Gasteiger partial charge in [0.15, 0.2) is 0 Å². The topological polar surface area (TPSA) is 66.8 Å². The molecule has 2 fully saturated rings. The SMILES string of the molecule is CC1=CC[C@@H]([C@@H](C)[C@H]2CC[C@@]3(C)C4=C(CC[C@]23C)[C@@]2(C)[C@H](O)C[C@H](O)C(C)(C)[C@@H]2CC4)OC1=O. The van der Waals surface area contributed by atoms with Crippen LogP contribution in [0.4, 0.5) is 0 Å². The first-order valence-electron chi connectivity index (χ1n) is 13.8. The van der Waals surface area contributed by atoms with E-state index in [9.17, 15) is 15.0 Å². The highest BCUT2D eigenvalue weighted by atomic mass is 16.5. The molecule has 9 atom stereocenters. The molecule has 1 heterocycles. The number of hydrogen-bond donors (Lipinski definition) is 2. The minimum Gasteiger partial charge on any atom is -0.458 e. The van der Waals surface area contributed by atoms with E-state index in [1.807, 2.05) is 6.92 Å². The van der Waals surface area contributed by atoms with Gasteiger partial charge in [0.25, 0.3) is 0 Å². The second-order valence-electron chi connectivity index (χ2n) is 13.7. The first-order valence-corrected chi connectivity index (χ1v) is 13.8. The summed E-state index contributed by atoms with van der Waals surface area (Å²) in [7, 11) is 0. The molecule has 4 nitrogen and oxygen atoms in total. The molecule has 4 aliphatic carbocycles. The van der Waals surface area contributed by atoms with Crippen LogP contribution in [0.3, 0.4) is 0 Å². The highest BCUT2D eigenvalue weighted by molar-refractivity contribution is 5.88. The van der Waals surface area contributed by atoms with E-state index >= 15 is 0 Å². The molecule has 5 rings (SSSR count). The molecule has 0 aromatic heterocycles. The van der Waals surface area contributed by atoms with Gasteiger partial charge in [0.2, 0.25) is 0 Å². The zero-order chi connectivity index (χ0) is 24.8. The number of aliphatic hydroxyl groups is 2. The molecule has 0 saturated heterocycles. The van der Waals surface area contributed by atoms with Gasteiger partial charge in [-0.1, -0.05) is 58.8 Å². The summed E-state index contributed by atoms with van der Waals surface area (Å²) in [6, 6.07) is 0. The van der Waals surface area contributed by atoms with E-state index in [0.717, 1.165) is 37.7 Å². The van der Waals surface area contributed by atoms with Gasteiger partial charge in [-0.25, -0.2) is 4.79 Å². The molecule has 0 amide bonds. The van der Waals surface area contributed by atoms with Crippen molar-refractivity contribution in [2.45, 2.75) is 118 Å². The molecule has 0 aromatic rings. The maximum Gasteiger partial charge on any atom is 0.333 e. The zero-order valence-corrected chi connectivity index (χ0v) is 22.4. The first kappa shape index (κ1) is 24.6. The number of esters is 1. The molecule has 0 bridgehead atoms. The van der Waals surface area contributed by atoms with Crippen molar-refractivity contribution < 1.29 is 19.7 Å². The summed E-state index contributed by atoms with van der Waals surface area (Å²) in [6.07, 6.45) is 9.09. The lowest BCUT2D eigenvalue weighted by atomic mass is 9.42. The summed E-state index contributed by atoms with van der Waals surface area (Å²) in [5.74, 6) is 1.02. The highest BCUT2D eigenvalue weighted by Gasteiger charge is 2.65. The van der Waals surface area contributed by atoms with Crippen LogP contribution >= 0.6 is 0 Å². The van der Waals surface area contributed by atoms with Crippen molar-refractivity contribution in [2.24, 2.45) is 39.4 Å². The van der Waals surface area contributed by atoms with E-state index < -0.39 is 12.2 Å². The standard InChI is InChI=1S/C30H46O4/c1-17-8-10-22(34-26(17)33)18(2)19-12-14-29(6)20-9-11-23-27(3,4)24(31)16-25(32)30(23,7)21(20)13-15-28(19,29)5/h8,18-19,22-25,31-32H,9-16H2,1-7H3/t18-,19+,22-,23-,24-,25+,28+,29-,30+/m0/s1. The number of rotatable bonds is 2. The minimum absolute atomic E-state index is 0.0218. The zero-order valence-electron chi connectivity index (χ0n) is 22.4. The fourth-order valence-electron chi connectivity index (χ4n) is 9.75. The monoisotopic (exact) mass is 470 g/mol. The summed E-state index contributed by atoms with van der Waals surface area (Å²) in [5, 5.41) is 22.2. The van der Waals surface area contributed by atoms with E-state index in [2.05, 4.69) is 47.6 Å². The smallest absolute Gasteiger partial charge is 0.333 e. The number of carbonyl (C=O) groups excluding carboxylic acids is 1. The minimum atomic E-state index is -0.480. The van der Waals surface area contributed by atoms with Crippen molar-refractivity contribution in [3.63, 3.8) is 0 Å². The predicted molar refractivity (Wildman–Crippen MR) is 134 cm³/mol. The van der Waals surface area contributed by atoms with Gasteiger partial charge in [0, 0.05) is 23.8 Å². The normalized spacial score (nSPS) is 48.9. The Labute approximate surface area is 206 Å². The fourth-order valence-corrected chi connectivity index (χ4v) is 9.75. The Hall–Kier alpha value is -1.13. The van der Waals surface area contributed by atoms with E-state index in [4.69, 9.17) is 4.74 Å². The number of cyclic esters (lactones) is 1. The van der Waals surface area contributed by atoms with E-state index in [1.165, 1.54) is 18.4 Å². The molecule has 0 aromatic carbocycles. The number of aliphatic hydroxyl groups excluding tert-OH is 2. The Morgan fingerprint density at radius 3 is 2.38 bits per heavy atom. The van der Waals surface area contributed by atoms with Crippen LogP contribution in [0, 0.1) is 39.4 Å². The van der Waals surface area contributed by atoms with Crippen LogP contribution in [0.2, 0.25) is 0 Å². The average molecular weight is 471 g/mol. The summed E-state index contributed by atoms with van der Waals surface area (Å²) < 4.78 is 5.89. The fraction of sp³-hybridized carbons (Fsp3) is 0.833. The lowest BCUT2D eigenvalue weighted by molar-refractivity contribution is -0.156. The molecule has 5 aliphatic rings. The van der Waals surface area contributed by atoms with Gasteiger partial charge in [-0.2, -0.15) is 0 Å². The van der Waals surface area contributed by atoms with Crippen molar-refractivity contribution in [3.05, 3.63) is 22.8 Å². The third-order valence-corrected chi connectivity index (χ3v) is 12.4. The largest absolute Gasteiger partial charge is 0.458 e. The third kappa shape index (κ3) is 3.00. The molecule has 0 spiro atoms.